The summed E-state index contributed by atoms with van der Waals surface area (Å²) in [5, 5.41) is -0.503. The monoisotopic (exact) mass is 226 g/mol. The van der Waals surface area contributed by atoms with Gasteiger partial charge in [0.1, 0.15) is 11.3 Å². The van der Waals surface area contributed by atoms with Crippen molar-refractivity contribution in [2.45, 2.75) is 18.9 Å². The zero-order valence-electron chi connectivity index (χ0n) is 6.94. The molecule has 13 heavy (non-hydrogen) atoms. The van der Waals surface area contributed by atoms with E-state index in [9.17, 15) is 13.2 Å². The molecule has 0 aromatic rings. The highest BCUT2D eigenvalue weighted by Gasteiger charge is 2.36. The molecule has 0 aromatic carbocycles. The van der Waals surface area contributed by atoms with Gasteiger partial charge in [0.15, 0.2) is 0 Å². The molecule has 1 rings (SSSR count). The summed E-state index contributed by atoms with van der Waals surface area (Å²) in [7, 11) is -3.49. The smallest absolute Gasteiger partial charge is 0.235 e. The lowest BCUT2D eigenvalue weighted by molar-refractivity contribution is -0.121. The fraction of sp³-hybridized carbons (Fsp3) is 0.833. The van der Waals surface area contributed by atoms with E-state index < -0.39 is 27.2 Å². The average Bonchev–Trinajstić information content (AvgIpc) is 2.52. The second-order valence-corrected chi connectivity index (χ2v) is 5.40. The average molecular weight is 227 g/mol. The van der Waals surface area contributed by atoms with Gasteiger partial charge < -0.3 is 5.73 Å². The maximum atomic E-state index is 11.3. The molecule has 0 aromatic heterocycles. The lowest BCUT2D eigenvalue weighted by atomic mass is 10.2. The fourth-order valence-electron chi connectivity index (χ4n) is 1.42. The third kappa shape index (κ3) is 2.12. The predicted molar refractivity (Wildman–Crippen MR) is 48.6 cm³/mol. The van der Waals surface area contributed by atoms with Crippen LogP contribution in [0.2, 0.25) is 0 Å². The van der Waals surface area contributed by atoms with E-state index in [-0.39, 0.29) is 0 Å². The van der Waals surface area contributed by atoms with Crippen LogP contribution in [0.15, 0.2) is 0 Å². The van der Waals surface area contributed by atoms with Gasteiger partial charge in [-0.3, -0.25) is 4.79 Å². The van der Waals surface area contributed by atoms with E-state index in [0.717, 1.165) is 4.31 Å². The number of amides is 1. The van der Waals surface area contributed by atoms with Gasteiger partial charge in [0, 0.05) is 6.54 Å². The maximum Gasteiger partial charge on any atom is 0.235 e. The Morgan fingerprint density at radius 3 is 2.69 bits per heavy atom. The standard InChI is InChI=1S/C6H11ClN2O3S/c7-4-13(11,12)9-3-1-2-5(9)6(8)10/h5H,1-4H2,(H2,8,10). The highest BCUT2D eigenvalue weighted by atomic mass is 35.5. The van der Waals surface area contributed by atoms with Crippen LogP contribution < -0.4 is 5.73 Å². The second-order valence-electron chi connectivity index (χ2n) is 2.89. The van der Waals surface area contributed by atoms with Gasteiger partial charge in [-0.2, -0.15) is 4.31 Å². The van der Waals surface area contributed by atoms with Gasteiger partial charge >= 0.3 is 0 Å². The number of nitrogens with zero attached hydrogens (tertiary/aromatic N) is 1. The zero-order valence-corrected chi connectivity index (χ0v) is 8.51. The third-order valence-corrected chi connectivity index (χ3v) is 4.28. The van der Waals surface area contributed by atoms with Crippen molar-refractivity contribution in [3.63, 3.8) is 0 Å². The maximum absolute atomic E-state index is 11.3. The van der Waals surface area contributed by atoms with E-state index in [4.69, 9.17) is 17.3 Å². The molecular weight excluding hydrogens is 216 g/mol. The fourth-order valence-corrected chi connectivity index (χ4v) is 2.93. The number of rotatable bonds is 3. The summed E-state index contributed by atoms with van der Waals surface area (Å²) in [6.45, 7) is 0.336. The molecule has 76 valence electrons. The van der Waals surface area contributed by atoms with E-state index in [1.807, 2.05) is 0 Å². The number of carbonyl (C=O) groups is 1. The Bertz CT molecular complexity index is 303. The van der Waals surface area contributed by atoms with Crippen molar-refractivity contribution >= 4 is 27.5 Å². The molecule has 0 bridgehead atoms. The molecular formula is C6H11ClN2O3S. The van der Waals surface area contributed by atoms with E-state index in [1.165, 1.54) is 0 Å². The Labute approximate surface area is 81.9 Å². The molecule has 0 aliphatic carbocycles. The molecule has 5 nitrogen and oxygen atoms in total. The Morgan fingerprint density at radius 1 is 1.62 bits per heavy atom. The number of alkyl halides is 1. The molecule has 0 spiro atoms. The molecule has 1 atom stereocenters. The third-order valence-electron chi connectivity index (χ3n) is 2.03. The Kier molecular flexibility index (Phi) is 3.15. The Hall–Kier alpha value is -0.330. The van der Waals surface area contributed by atoms with Gasteiger partial charge in [-0.05, 0) is 12.8 Å². The molecule has 1 unspecified atom stereocenters. The van der Waals surface area contributed by atoms with Gasteiger partial charge in [-0.1, -0.05) is 0 Å². The van der Waals surface area contributed by atoms with Crippen LogP contribution in [0.25, 0.3) is 0 Å². The largest absolute Gasteiger partial charge is 0.368 e. The number of sulfonamides is 1. The minimum Gasteiger partial charge on any atom is -0.368 e. The molecule has 1 aliphatic heterocycles. The Balaban J connectivity index is 2.86. The van der Waals surface area contributed by atoms with Crippen molar-refractivity contribution in [3.8, 4) is 0 Å². The molecule has 0 radical (unpaired) electrons. The molecule has 1 fully saturated rings. The predicted octanol–water partition coefficient (Wildman–Crippen LogP) is -0.538. The van der Waals surface area contributed by atoms with Crippen LogP contribution in [-0.2, 0) is 14.8 Å². The van der Waals surface area contributed by atoms with Crippen molar-refractivity contribution in [3.05, 3.63) is 0 Å². The number of hydrogen-bond acceptors (Lipinski definition) is 3. The summed E-state index contributed by atoms with van der Waals surface area (Å²) in [4.78, 5) is 10.8. The van der Waals surface area contributed by atoms with Gasteiger partial charge in [0.2, 0.25) is 15.9 Å². The van der Waals surface area contributed by atoms with Crippen molar-refractivity contribution < 1.29 is 13.2 Å². The zero-order chi connectivity index (χ0) is 10.1. The summed E-state index contributed by atoms with van der Waals surface area (Å²) in [5.74, 6) is -0.605. The van der Waals surface area contributed by atoms with Gasteiger partial charge in [0.05, 0.1) is 0 Å². The minimum atomic E-state index is -3.49. The number of primary amides is 1. The molecule has 2 N–H and O–H groups in total. The van der Waals surface area contributed by atoms with Crippen LogP contribution in [0.4, 0.5) is 0 Å². The van der Waals surface area contributed by atoms with Crippen LogP contribution in [0.1, 0.15) is 12.8 Å². The van der Waals surface area contributed by atoms with Crippen LogP contribution in [0, 0.1) is 0 Å². The van der Waals surface area contributed by atoms with Gasteiger partial charge in [-0.15, -0.1) is 11.6 Å². The number of hydrogen-bond donors (Lipinski definition) is 1. The summed E-state index contributed by atoms with van der Waals surface area (Å²) < 4.78 is 23.7. The number of halogens is 1. The van der Waals surface area contributed by atoms with E-state index >= 15 is 0 Å². The number of carbonyl (C=O) groups excluding carboxylic acids is 1. The number of nitrogens with two attached hydrogens (primary N) is 1. The highest BCUT2D eigenvalue weighted by Crippen LogP contribution is 2.21. The first-order valence-electron chi connectivity index (χ1n) is 3.84. The van der Waals surface area contributed by atoms with Crippen molar-refractivity contribution in [1.29, 1.82) is 0 Å². The summed E-state index contributed by atoms with van der Waals surface area (Å²) in [5.41, 5.74) is 5.05. The lowest BCUT2D eigenvalue weighted by Gasteiger charge is -2.19. The molecule has 1 aliphatic rings. The summed E-state index contributed by atoms with van der Waals surface area (Å²) in [6.07, 6.45) is 1.15. The van der Waals surface area contributed by atoms with Gasteiger partial charge in [-0.25, -0.2) is 8.42 Å². The molecule has 1 heterocycles. The Morgan fingerprint density at radius 2 is 2.23 bits per heavy atom. The second kappa shape index (κ2) is 3.81. The van der Waals surface area contributed by atoms with Crippen LogP contribution in [0.3, 0.4) is 0 Å². The highest BCUT2D eigenvalue weighted by molar-refractivity contribution is 7.90. The molecule has 0 saturated carbocycles. The molecule has 1 saturated heterocycles. The van der Waals surface area contributed by atoms with E-state index in [0.29, 0.717) is 19.4 Å². The summed E-state index contributed by atoms with van der Waals surface area (Å²) in [6, 6.07) is -0.705. The normalized spacial score (nSPS) is 24.8. The first-order valence-corrected chi connectivity index (χ1v) is 5.98. The van der Waals surface area contributed by atoms with E-state index in [1.54, 1.807) is 0 Å². The van der Waals surface area contributed by atoms with Crippen molar-refractivity contribution in [2.24, 2.45) is 5.73 Å². The first kappa shape index (κ1) is 10.7. The van der Waals surface area contributed by atoms with Crippen LogP contribution in [-0.4, -0.2) is 36.4 Å². The SMILES string of the molecule is NC(=O)C1CCCN1S(=O)(=O)CCl. The quantitative estimate of drug-likeness (QED) is 0.657. The van der Waals surface area contributed by atoms with E-state index in [2.05, 4.69) is 0 Å². The van der Waals surface area contributed by atoms with Crippen molar-refractivity contribution in [1.82, 2.24) is 4.31 Å². The van der Waals surface area contributed by atoms with Crippen LogP contribution in [0.5, 0.6) is 0 Å². The van der Waals surface area contributed by atoms with Gasteiger partial charge in [0.25, 0.3) is 0 Å². The lowest BCUT2D eigenvalue weighted by Crippen LogP contribution is -2.43. The first-order chi connectivity index (χ1) is 5.99. The molecule has 7 heteroatoms. The molecule has 1 amide bonds. The topological polar surface area (TPSA) is 80.5 Å². The van der Waals surface area contributed by atoms with Crippen molar-refractivity contribution in [2.75, 3.05) is 11.8 Å². The minimum absolute atomic E-state index is 0.336. The van der Waals surface area contributed by atoms with Crippen LogP contribution >= 0.6 is 11.6 Å². The summed E-state index contributed by atoms with van der Waals surface area (Å²) >= 11 is 5.26.